The molecule has 0 atom stereocenters. The summed E-state index contributed by atoms with van der Waals surface area (Å²) in [5.41, 5.74) is 1.51. The molecule has 0 fully saturated rings. The first-order chi connectivity index (χ1) is 13.1. The summed E-state index contributed by atoms with van der Waals surface area (Å²) >= 11 is 0. The fraction of sp³-hybridized carbons (Fsp3) is 0.150. The van der Waals surface area contributed by atoms with E-state index in [9.17, 15) is 14.4 Å². The van der Waals surface area contributed by atoms with Crippen LogP contribution in [0.1, 0.15) is 27.8 Å². The lowest BCUT2D eigenvalue weighted by Gasteiger charge is -2.07. The van der Waals surface area contributed by atoms with E-state index in [1.54, 1.807) is 43.3 Å². The fourth-order valence-electron chi connectivity index (χ4n) is 2.45. The molecule has 1 aromatic heterocycles. The Kier molecular flexibility index (Phi) is 5.51. The van der Waals surface area contributed by atoms with E-state index in [0.717, 1.165) is 5.39 Å². The van der Waals surface area contributed by atoms with E-state index < -0.39 is 17.8 Å². The van der Waals surface area contributed by atoms with Crippen LogP contribution in [0.5, 0.6) is 0 Å². The van der Waals surface area contributed by atoms with Crippen molar-refractivity contribution in [1.29, 1.82) is 0 Å². The summed E-state index contributed by atoms with van der Waals surface area (Å²) in [6.45, 7) is 1.81. The van der Waals surface area contributed by atoms with Crippen LogP contribution in [0.2, 0.25) is 0 Å². The Morgan fingerprint density at radius 1 is 1.04 bits per heavy atom. The Morgan fingerprint density at radius 3 is 2.48 bits per heavy atom. The molecule has 3 rings (SSSR count). The van der Waals surface area contributed by atoms with E-state index in [0.29, 0.717) is 23.4 Å². The van der Waals surface area contributed by atoms with Gasteiger partial charge in [0.15, 0.2) is 5.76 Å². The van der Waals surface area contributed by atoms with Crippen molar-refractivity contribution >= 4 is 34.4 Å². The molecule has 7 heteroatoms. The number of hydrogen-bond donors (Lipinski definition) is 2. The standard InChI is InChI=1S/C20H18N2O5/c1-2-26-20(25)13-7-9-15(10-8-13)22-18(23)12-21-19(24)17-11-14-5-3-4-6-16(14)27-17/h3-11H,2,12H2,1H3,(H,21,24)(H,22,23). The SMILES string of the molecule is CCOC(=O)c1ccc(NC(=O)CNC(=O)c2cc3ccccc3o2)cc1. The average molecular weight is 366 g/mol. The number of ether oxygens (including phenoxy) is 1. The average Bonchev–Trinajstić information content (AvgIpc) is 3.11. The third-order valence-electron chi connectivity index (χ3n) is 3.74. The quantitative estimate of drug-likeness (QED) is 0.654. The molecule has 138 valence electrons. The number of para-hydroxylation sites is 1. The molecule has 2 N–H and O–H groups in total. The van der Waals surface area contributed by atoms with Crippen LogP contribution in [0.4, 0.5) is 5.69 Å². The molecule has 7 nitrogen and oxygen atoms in total. The molecular formula is C20H18N2O5. The molecule has 27 heavy (non-hydrogen) atoms. The maximum absolute atomic E-state index is 12.1. The first kappa shape index (κ1) is 18.2. The highest BCUT2D eigenvalue weighted by Gasteiger charge is 2.13. The molecule has 0 spiro atoms. The van der Waals surface area contributed by atoms with Gasteiger partial charge in [0.2, 0.25) is 5.91 Å². The second kappa shape index (κ2) is 8.18. The van der Waals surface area contributed by atoms with Crippen molar-refractivity contribution in [2.24, 2.45) is 0 Å². The highest BCUT2D eigenvalue weighted by Crippen LogP contribution is 2.18. The zero-order chi connectivity index (χ0) is 19.2. The molecule has 2 amide bonds. The number of carbonyl (C=O) groups is 3. The van der Waals surface area contributed by atoms with Gasteiger partial charge in [-0.25, -0.2) is 4.79 Å². The predicted molar refractivity (Wildman–Crippen MR) is 99.6 cm³/mol. The molecule has 0 unspecified atom stereocenters. The summed E-state index contributed by atoms with van der Waals surface area (Å²) < 4.78 is 10.3. The number of esters is 1. The zero-order valence-electron chi connectivity index (χ0n) is 14.7. The van der Waals surface area contributed by atoms with Gasteiger partial charge in [0.05, 0.1) is 18.7 Å². The number of carbonyl (C=O) groups excluding carboxylic acids is 3. The Bertz CT molecular complexity index is 942. The number of nitrogens with one attached hydrogen (secondary N) is 2. The van der Waals surface area contributed by atoms with Crippen LogP contribution >= 0.6 is 0 Å². The second-order valence-electron chi connectivity index (χ2n) is 5.68. The minimum absolute atomic E-state index is 0.141. The van der Waals surface area contributed by atoms with Crippen molar-refractivity contribution in [3.8, 4) is 0 Å². The van der Waals surface area contributed by atoms with Crippen molar-refractivity contribution < 1.29 is 23.5 Å². The van der Waals surface area contributed by atoms with Gasteiger partial charge in [-0.05, 0) is 43.3 Å². The predicted octanol–water partition coefficient (Wildman–Crippen LogP) is 2.98. The smallest absolute Gasteiger partial charge is 0.338 e. The molecule has 0 bridgehead atoms. The lowest BCUT2D eigenvalue weighted by molar-refractivity contribution is -0.115. The Morgan fingerprint density at radius 2 is 1.78 bits per heavy atom. The topological polar surface area (TPSA) is 97.6 Å². The van der Waals surface area contributed by atoms with Crippen molar-refractivity contribution in [3.05, 3.63) is 65.9 Å². The normalized spacial score (nSPS) is 10.4. The summed E-state index contributed by atoms with van der Waals surface area (Å²) in [5.74, 6) is -1.15. The molecule has 0 aliphatic rings. The molecular weight excluding hydrogens is 348 g/mol. The van der Waals surface area contributed by atoms with E-state index in [1.165, 1.54) is 0 Å². The van der Waals surface area contributed by atoms with Crippen LogP contribution in [0, 0.1) is 0 Å². The van der Waals surface area contributed by atoms with Gasteiger partial charge in [-0.3, -0.25) is 9.59 Å². The lowest BCUT2D eigenvalue weighted by atomic mass is 10.2. The van der Waals surface area contributed by atoms with Gasteiger partial charge in [0.1, 0.15) is 5.58 Å². The Balaban J connectivity index is 1.53. The molecule has 2 aromatic carbocycles. The number of benzene rings is 2. The van der Waals surface area contributed by atoms with Gasteiger partial charge in [-0.1, -0.05) is 18.2 Å². The van der Waals surface area contributed by atoms with Crippen molar-refractivity contribution in [1.82, 2.24) is 5.32 Å². The maximum atomic E-state index is 12.1. The summed E-state index contributed by atoms with van der Waals surface area (Å²) in [6, 6.07) is 15.2. The summed E-state index contributed by atoms with van der Waals surface area (Å²) in [5, 5.41) is 5.96. The molecule has 0 saturated heterocycles. The number of anilines is 1. The monoisotopic (exact) mass is 366 g/mol. The van der Waals surface area contributed by atoms with Gasteiger partial charge < -0.3 is 19.8 Å². The number of rotatable bonds is 6. The number of fused-ring (bicyclic) bond motifs is 1. The molecule has 0 saturated carbocycles. The third-order valence-corrected chi connectivity index (χ3v) is 3.74. The number of hydrogen-bond acceptors (Lipinski definition) is 5. The van der Waals surface area contributed by atoms with Crippen LogP contribution in [0.15, 0.2) is 59.0 Å². The Hall–Kier alpha value is -3.61. The number of amides is 2. The van der Waals surface area contributed by atoms with E-state index >= 15 is 0 Å². The highest BCUT2D eigenvalue weighted by atomic mass is 16.5. The van der Waals surface area contributed by atoms with Crippen LogP contribution in [0.25, 0.3) is 11.0 Å². The minimum Gasteiger partial charge on any atom is -0.462 e. The summed E-state index contributed by atoms with van der Waals surface area (Å²) in [6.07, 6.45) is 0. The maximum Gasteiger partial charge on any atom is 0.338 e. The largest absolute Gasteiger partial charge is 0.462 e. The lowest BCUT2D eigenvalue weighted by Crippen LogP contribution is -2.32. The van der Waals surface area contributed by atoms with Crippen LogP contribution in [-0.4, -0.2) is 30.9 Å². The first-order valence-corrected chi connectivity index (χ1v) is 8.40. The molecule has 0 aliphatic heterocycles. The fourth-order valence-corrected chi connectivity index (χ4v) is 2.45. The van der Waals surface area contributed by atoms with Crippen LogP contribution in [-0.2, 0) is 9.53 Å². The molecule has 3 aromatic rings. The van der Waals surface area contributed by atoms with Crippen LogP contribution < -0.4 is 10.6 Å². The Labute approximate surface area is 155 Å². The number of furan rings is 1. The van der Waals surface area contributed by atoms with Crippen molar-refractivity contribution in [2.75, 3.05) is 18.5 Å². The molecule has 1 heterocycles. The van der Waals surface area contributed by atoms with E-state index in [1.807, 2.05) is 18.2 Å². The first-order valence-electron chi connectivity index (χ1n) is 8.40. The van der Waals surface area contributed by atoms with E-state index in [-0.39, 0.29) is 12.3 Å². The zero-order valence-corrected chi connectivity index (χ0v) is 14.7. The third kappa shape index (κ3) is 4.52. The van der Waals surface area contributed by atoms with E-state index in [2.05, 4.69) is 10.6 Å². The van der Waals surface area contributed by atoms with Gasteiger partial charge in [-0.15, -0.1) is 0 Å². The molecule has 0 radical (unpaired) electrons. The highest BCUT2D eigenvalue weighted by molar-refractivity contribution is 6.00. The van der Waals surface area contributed by atoms with Gasteiger partial charge >= 0.3 is 5.97 Å². The second-order valence-corrected chi connectivity index (χ2v) is 5.68. The van der Waals surface area contributed by atoms with Gasteiger partial charge in [0, 0.05) is 11.1 Å². The summed E-state index contributed by atoms with van der Waals surface area (Å²) in [4.78, 5) is 35.7. The van der Waals surface area contributed by atoms with Gasteiger partial charge in [-0.2, -0.15) is 0 Å². The molecule has 0 aliphatic carbocycles. The van der Waals surface area contributed by atoms with Crippen molar-refractivity contribution in [2.45, 2.75) is 6.92 Å². The minimum atomic E-state index is -0.473. The summed E-state index contributed by atoms with van der Waals surface area (Å²) in [7, 11) is 0. The van der Waals surface area contributed by atoms with E-state index in [4.69, 9.17) is 9.15 Å². The van der Waals surface area contributed by atoms with Crippen LogP contribution in [0.3, 0.4) is 0 Å². The van der Waals surface area contributed by atoms with Crippen molar-refractivity contribution in [3.63, 3.8) is 0 Å². The van der Waals surface area contributed by atoms with Gasteiger partial charge in [0.25, 0.3) is 5.91 Å².